The first-order valence-electron chi connectivity index (χ1n) is 4.93. The van der Waals surface area contributed by atoms with Gasteiger partial charge in [-0.1, -0.05) is 6.92 Å². The number of nitrogens with zero attached hydrogens (tertiary/aromatic N) is 1. The van der Waals surface area contributed by atoms with Crippen molar-refractivity contribution >= 4 is 15.6 Å². The molecule has 0 saturated carbocycles. The summed E-state index contributed by atoms with van der Waals surface area (Å²) in [5, 5.41) is 0. The van der Waals surface area contributed by atoms with Crippen LogP contribution in [-0.4, -0.2) is 49.7 Å². The van der Waals surface area contributed by atoms with Crippen LogP contribution in [0.25, 0.3) is 0 Å². The Morgan fingerprint density at radius 3 is 2.29 bits per heavy atom. The van der Waals surface area contributed by atoms with Crippen LogP contribution in [0.4, 0.5) is 0 Å². The van der Waals surface area contributed by atoms with Crippen molar-refractivity contribution in [2.24, 2.45) is 0 Å². The molecule has 0 aromatic heterocycles. The number of sulfone groups is 1. The summed E-state index contributed by atoms with van der Waals surface area (Å²) in [6, 6.07) is -0.129. The molecule has 0 radical (unpaired) electrons. The summed E-state index contributed by atoms with van der Waals surface area (Å²) < 4.78 is 22.3. The van der Waals surface area contributed by atoms with Crippen LogP contribution >= 0.6 is 0 Å². The maximum absolute atomic E-state index is 11.4. The fourth-order valence-corrected chi connectivity index (χ4v) is 2.84. The highest BCUT2D eigenvalue weighted by Gasteiger charge is 2.27. The van der Waals surface area contributed by atoms with E-state index in [0.29, 0.717) is 19.5 Å². The quantitative estimate of drug-likeness (QED) is 0.675. The van der Waals surface area contributed by atoms with E-state index in [1.165, 1.54) is 0 Å². The monoisotopic (exact) mass is 219 g/mol. The topological polar surface area (TPSA) is 54.5 Å². The molecule has 1 fully saturated rings. The summed E-state index contributed by atoms with van der Waals surface area (Å²) >= 11 is 0. The normalized spacial score (nSPS) is 24.4. The van der Waals surface area contributed by atoms with E-state index >= 15 is 0 Å². The second-order valence-electron chi connectivity index (χ2n) is 3.68. The molecule has 0 N–H and O–H groups in total. The van der Waals surface area contributed by atoms with Gasteiger partial charge in [0, 0.05) is 19.5 Å². The summed E-state index contributed by atoms with van der Waals surface area (Å²) in [5.41, 5.74) is 0. The second-order valence-corrected chi connectivity index (χ2v) is 5.99. The number of carbonyl (C=O) groups is 1. The lowest BCUT2D eigenvalue weighted by molar-refractivity contribution is -0.123. The summed E-state index contributed by atoms with van der Waals surface area (Å²) in [7, 11) is -2.83. The van der Waals surface area contributed by atoms with Crippen molar-refractivity contribution in [2.45, 2.75) is 26.3 Å². The molecule has 0 aromatic carbocycles. The Labute approximate surface area is 85.2 Å². The third kappa shape index (κ3) is 2.78. The Morgan fingerprint density at radius 2 is 1.86 bits per heavy atom. The average molecular weight is 219 g/mol. The molecule has 0 aliphatic carbocycles. The molecular weight excluding hydrogens is 202 g/mol. The zero-order valence-corrected chi connectivity index (χ0v) is 9.51. The fourth-order valence-electron chi connectivity index (χ4n) is 1.61. The van der Waals surface area contributed by atoms with Crippen LogP contribution in [0.2, 0.25) is 0 Å². The van der Waals surface area contributed by atoms with Crippen molar-refractivity contribution in [3.63, 3.8) is 0 Å². The molecule has 1 aliphatic rings. The third-order valence-electron chi connectivity index (χ3n) is 2.74. The van der Waals surface area contributed by atoms with Gasteiger partial charge >= 0.3 is 0 Å². The maximum atomic E-state index is 11.4. The van der Waals surface area contributed by atoms with E-state index in [-0.39, 0.29) is 23.3 Å². The van der Waals surface area contributed by atoms with E-state index in [0.717, 1.165) is 0 Å². The van der Waals surface area contributed by atoms with Gasteiger partial charge in [-0.15, -0.1) is 0 Å². The van der Waals surface area contributed by atoms with Gasteiger partial charge < -0.3 is 0 Å². The fraction of sp³-hybridized carbons (Fsp3) is 0.889. The largest absolute Gasteiger partial charge is 0.298 e. The number of rotatable bonds is 3. The van der Waals surface area contributed by atoms with Gasteiger partial charge in [-0.3, -0.25) is 9.69 Å². The van der Waals surface area contributed by atoms with Crippen LogP contribution in [0.5, 0.6) is 0 Å². The molecule has 1 atom stereocenters. The standard InChI is InChI=1S/C9H17NO3S/c1-3-9(11)8(2)10-4-6-14(12,13)7-5-10/h8H,3-7H2,1-2H3. The molecule has 4 nitrogen and oxygen atoms in total. The van der Waals surface area contributed by atoms with Crippen LogP contribution in [0.1, 0.15) is 20.3 Å². The van der Waals surface area contributed by atoms with E-state index in [9.17, 15) is 13.2 Å². The van der Waals surface area contributed by atoms with Crippen LogP contribution in [0.15, 0.2) is 0 Å². The average Bonchev–Trinajstić information content (AvgIpc) is 2.15. The number of hydrogen-bond acceptors (Lipinski definition) is 4. The first-order chi connectivity index (χ1) is 6.46. The van der Waals surface area contributed by atoms with Gasteiger partial charge in [0.25, 0.3) is 0 Å². The van der Waals surface area contributed by atoms with Gasteiger partial charge in [0.1, 0.15) is 5.78 Å². The van der Waals surface area contributed by atoms with Crippen LogP contribution in [-0.2, 0) is 14.6 Å². The third-order valence-corrected chi connectivity index (χ3v) is 4.35. The molecule has 0 aromatic rings. The summed E-state index contributed by atoms with van der Waals surface area (Å²) in [6.07, 6.45) is 0.518. The minimum absolute atomic E-state index is 0.129. The predicted octanol–water partition coefficient (Wildman–Crippen LogP) is 0.0844. The first-order valence-corrected chi connectivity index (χ1v) is 6.75. The maximum Gasteiger partial charge on any atom is 0.152 e. The smallest absolute Gasteiger partial charge is 0.152 e. The minimum atomic E-state index is -2.83. The molecule has 0 spiro atoms. The van der Waals surface area contributed by atoms with E-state index in [4.69, 9.17) is 0 Å². The number of Topliss-reactive ketones (excluding diaryl/α,β-unsaturated/α-hetero) is 1. The Kier molecular flexibility index (Phi) is 3.66. The Morgan fingerprint density at radius 1 is 1.36 bits per heavy atom. The van der Waals surface area contributed by atoms with Crippen molar-refractivity contribution in [1.82, 2.24) is 4.90 Å². The van der Waals surface area contributed by atoms with Crippen molar-refractivity contribution in [2.75, 3.05) is 24.6 Å². The molecule has 0 amide bonds. The molecule has 5 heteroatoms. The van der Waals surface area contributed by atoms with E-state index in [1.807, 2.05) is 18.7 Å². The number of ketones is 1. The van der Waals surface area contributed by atoms with Gasteiger partial charge in [0.15, 0.2) is 9.84 Å². The van der Waals surface area contributed by atoms with Crippen molar-refractivity contribution in [1.29, 1.82) is 0 Å². The van der Waals surface area contributed by atoms with Crippen molar-refractivity contribution < 1.29 is 13.2 Å². The molecule has 1 saturated heterocycles. The van der Waals surface area contributed by atoms with Crippen molar-refractivity contribution in [3.8, 4) is 0 Å². The molecule has 1 rings (SSSR count). The Balaban J connectivity index is 2.53. The van der Waals surface area contributed by atoms with Crippen LogP contribution < -0.4 is 0 Å². The zero-order valence-electron chi connectivity index (χ0n) is 8.69. The summed E-state index contributed by atoms with van der Waals surface area (Å²) in [5.74, 6) is 0.562. The van der Waals surface area contributed by atoms with Crippen LogP contribution in [0, 0.1) is 0 Å². The molecule has 82 valence electrons. The van der Waals surface area contributed by atoms with Gasteiger partial charge in [-0.25, -0.2) is 8.42 Å². The van der Waals surface area contributed by atoms with E-state index < -0.39 is 9.84 Å². The second kappa shape index (κ2) is 4.40. The van der Waals surface area contributed by atoms with E-state index in [2.05, 4.69) is 0 Å². The lowest BCUT2D eigenvalue weighted by Gasteiger charge is -2.31. The lowest BCUT2D eigenvalue weighted by Crippen LogP contribution is -2.47. The Bertz CT molecular complexity index is 296. The molecule has 1 heterocycles. The lowest BCUT2D eigenvalue weighted by atomic mass is 10.1. The van der Waals surface area contributed by atoms with Gasteiger partial charge in [-0.2, -0.15) is 0 Å². The number of carbonyl (C=O) groups excluding carboxylic acids is 1. The minimum Gasteiger partial charge on any atom is -0.298 e. The predicted molar refractivity (Wildman–Crippen MR) is 55.0 cm³/mol. The highest BCUT2D eigenvalue weighted by Crippen LogP contribution is 2.09. The zero-order chi connectivity index (χ0) is 10.8. The number of hydrogen-bond donors (Lipinski definition) is 0. The SMILES string of the molecule is CCC(=O)C(C)N1CCS(=O)(=O)CC1. The highest BCUT2D eigenvalue weighted by atomic mass is 32.2. The molecule has 1 aliphatic heterocycles. The van der Waals surface area contributed by atoms with Crippen molar-refractivity contribution in [3.05, 3.63) is 0 Å². The summed E-state index contributed by atoms with van der Waals surface area (Å²) in [4.78, 5) is 13.3. The molecule has 1 unspecified atom stereocenters. The molecule has 14 heavy (non-hydrogen) atoms. The molecular formula is C9H17NO3S. The van der Waals surface area contributed by atoms with Gasteiger partial charge in [0.2, 0.25) is 0 Å². The van der Waals surface area contributed by atoms with Gasteiger partial charge in [0.05, 0.1) is 17.5 Å². The van der Waals surface area contributed by atoms with Crippen LogP contribution in [0.3, 0.4) is 0 Å². The molecule has 0 bridgehead atoms. The highest BCUT2D eigenvalue weighted by molar-refractivity contribution is 7.91. The van der Waals surface area contributed by atoms with E-state index in [1.54, 1.807) is 0 Å². The van der Waals surface area contributed by atoms with Gasteiger partial charge in [-0.05, 0) is 6.92 Å². The first kappa shape index (κ1) is 11.7. The Hall–Kier alpha value is -0.420. The summed E-state index contributed by atoms with van der Waals surface area (Å²) in [6.45, 7) is 4.67.